The Morgan fingerprint density at radius 2 is 2.00 bits per heavy atom. The van der Waals surface area contributed by atoms with Crippen LogP contribution in [0.2, 0.25) is 0 Å². The number of hydrogen-bond donors (Lipinski definition) is 1. The van der Waals surface area contributed by atoms with Crippen LogP contribution in [0.25, 0.3) is 10.8 Å². The fourth-order valence-electron chi connectivity index (χ4n) is 2.81. The average molecular weight is 410 g/mol. The van der Waals surface area contributed by atoms with E-state index in [9.17, 15) is 0 Å². The van der Waals surface area contributed by atoms with Gasteiger partial charge in [0.05, 0.1) is 12.2 Å². The number of halogens is 1. The van der Waals surface area contributed by atoms with Gasteiger partial charge in [0.15, 0.2) is 5.96 Å². The van der Waals surface area contributed by atoms with E-state index in [0.29, 0.717) is 6.54 Å². The molecule has 0 saturated carbocycles. The maximum Gasteiger partial charge on any atom is 0.194 e. The molecule has 1 aromatic heterocycles. The number of rotatable bonds is 3. The summed E-state index contributed by atoms with van der Waals surface area (Å²) in [6.07, 6.45) is 4.39. The summed E-state index contributed by atoms with van der Waals surface area (Å²) in [7, 11) is 0. The van der Waals surface area contributed by atoms with Crippen LogP contribution in [0.5, 0.6) is 0 Å². The van der Waals surface area contributed by atoms with E-state index in [2.05, 4.69) is 46.4 Å². The van der Waals surface area contributed by atoms with Crippen LogP contribution in [-0.2, 0) is 6.54 Å². The molecule has 0 bridgehead atoms. The SMILES string of the molecule is CCNC(=NCc1nccc2ccccc12)N1CCCC1.I. The van der Waals surface area contributed by atoms with Gasteiger partial charge in [-0.1, -0.05) is 24.3 Å². The van der Waals surface area contributed by atoms with E-state index in [0.717, 1.165) is 31.3 Å². The van der Waals surface area contributed by atoms with E-state index in [-0.39, 0.29) is 24.0 Å². The number of pyridine rings is 1. The molecule has 1 aromatic carbocycles. The van der Waals surface area contributed by atoms with Crippen LogP contribution in [0.4, 0.5) is 0 Å². The molecule has 0 atom stereocenters. The molecule has 0 amide bonds. The maximum absolute atomic E-state index is 4.78. The summed E-state index contributed by atoms with van der Waals surface area (Å²) in [4.78, 5) is 11.6. The maximum atomic E-state index is 4.78. The number of benzene rings is 1. The van der Waals surface area contributed by atoms with Crippen LogP contribution in [0, 0.1) is 0 Å². The molecule has 0 unspecified atom stereocenters. The number of aromatic nitrogens is 1. The summed E-state index contributed by atoms with van der Waals surface area (Å²) < 4.78 is 0. The highest BCUT2D eigenvalue weighted by molar-refractivity contribution is 14.0. The van der Waals surface area contributed by atoms with Gasteiger partial charge >= 0.3 is 0 Å². The van der Waals surface area contributed by atoms with Gasteiger partial charge in [0.25, 0.3) is 0 Å². The molecule has 0 spiro atoms. The molecule has 1 N–H and O–H groups in total. The van der Waals surface area contributed by atoms with E-state index in [4.69, 9.17) is 4.99 Å². The van der Waals surface area contributed by atoms with E-state index in [1.54, 1.807) is 0 Å². The second kappa shape index (κ2) is 8.31. The molecule has 22 heavy (non-hydrogen) atoms. The van der Waals surface area contributed by atoms with Crippen molar-refractivity contribution in [2.45, 2.75) is 26.3 Å². The van der Waals surface area contributed by atoms with Gasteiger partial charge in [-0.15, -0.1) is 24.0 Å². The summed E-state index contributed by atoms with van der Waals surface area (Å²) in [5, 5.41) is 5.81. The zero-order valence-electron chi connectivity index (χ0n) is 13.0. The fourth-order valence-corrected chi connectivity index (χ4v) is 2.81. The lowest BCUT2D eigenvalue weighted by Gasteiger charge is -2.20. The van der Waals surface area contributed by atoms with Crippen LogP contribution >= 0.6 is 24.0 Å². The Bertz CT molecular complexity index is 630. The normalized spacial score (nSPS) is 15.0. The van der Waals surface area contributed by atoms with Crippen molar-refractivity contribution in [1.82, 2.24) is 15.2 Å². The Hall–Kier alpha value is -1.37. The lowest BCUT2D eigenvalue weighted by atomic mass is 10.1. The minimum atomic E-state index is 0. The first-order chi connectivity index (χ1) is 10.4. The average Bonchev–Trinajstić information content (AvgIpc) is 3.05. The van der Waals surface area contributed by atoms with Crippen LogP contribution in [0.1, 0.15) is 25.5 Å². The lowest BCUT2D eigenvalue weighted by molar-refractivity contribution is 0.493. The van der Waals surface area contributed by atoms with Crippen molar-refractivity contribution in [2.75, 3.05) is 19.6 Å². The van der Waals surface area contributed by atoms with Gasteiger partial charge in [0.1, 0.15) is 0 Å². The highest BCUT2D eigenvalue weighted by Crippen LogP contribution is 2.17. The minimum Gasteiger partial charge on any atom is -0.357 e. The standard InChI is InChI=1S/C17H22N4.HI/c1-2-18-17(21-11-5-6-12-21)20-13-16-15-8-4-3-7-14(15)9-10-19-16;/h3-4,7-10H,2,5-6,11-13H2,1H3,(H,18,20);1H. The number of nitrogens with one attached hydrogen (secondary N) is 1. The number of hydrogen-bond acceptors (Lipinski definition) is 2. The van der Waals surface area contributed by atoms with Gasteiger partial charge in [-0.25, -0.2) is 4.99 Å². The largest absolute Gasteiger partial charge is 0.357 e. The van der Waals surface area contributed by atoms with Crippen LogP contribution in [0.15, 0.2) is 41.5 Å². The predicted molar refractivity (Wildman–Crippen MR) is 103 cm³/mol. The van der Waals surface area contributed by atoms with Gasteiger partial charge in [-0.3, -0.25) is 4.98 Å². The lowest BCUT2D eigenvalue weighted by Crippen LogP contribution is -2.39. The molecule has 4 nitrogen and oxygen atoms in total. The molecule has 2 heterocycles. The van der Waals surface area contributed by atoms with Crippen molar-refractivity contribution >= 4 is 40.7 Å². The van der Waals surface area contributed by atoms with Crippen molar-refractivity contribution in [3.63, 3.8) is 0 Å². The molecule has 118 valence electrons. The van der Waals surface area contributed by atoms with Gasteiger partial charge in [0.2, 0.25) is 0 Å². The van der Waals surface area contributed by atoms with E-state index in [1.165, 1.54) is 23.6 Å². The molecule has 1 saturated heterocycles. The third kappa shape index (κ3) is 3.88. The summed E-state index contributed by atoms with van der Waals surface area (Å²) in [5.74, 6) is 1.02. The first-order valence-electron chi connectivity index (χ1n) is 7.74. The van der Waals surface area contributed by atoms with Crippen molar-refractivity contribution < 1.29 is 0 Å². The fraction of sp³-hybridized carbons (Fsp3) is 0.412. The Morgan fingerprint density at radius 1 is 1.23 bits per heavy atom. The van der Waals surface area contributed by atoms with Crippen molar-refractivity contribution in [3.8, 4) is 0 Å². The van der Waals surface area contributed by atoms with E-state index < -0.39 is 0 Å². The quantitative estimate of drug-likeness (QED) is 0.479. The first kappa shape index (κ1) is 17.0. The Morgan fingerprint density at radius 3 is 2.77 bits per heavy atom. The summed E-state index contributed by atoms with van der Waals surface area (Å²) in [6, 6.07) is 10.4. The molecule has 1 fully saturated rings. The van der Waals surface area contributed by atoms with Crippen molar-refractivity contribution in [2.24, 2.45) is 4.99 Å². The number of guanidine groups is 1. The molecule has 1 aliphatic rings. The highest BCUT2D eigenvalue weighted by Gasteiger charge is 2.15. The van der Waals surface area contributed by atoms with Gasteiger partial charge in [0, 0.05) is 31.2 Å². The summed E-state index contributed by atoms with van der Waals surface area (Å²) >= 11 is 0. The minimum absolute atomic E-state index is 0. The molecule has 5 heteroatoms. The molecular weight excluding hydrogens is 387 g/mol. The van der Waals surface area contributed by atoms with E-state index in [1.807, 2.05) is 12.3 Å². The van der Waals surface area contributed by atoms with Crippen LogP contribution in [0.3, 0.4) is 0 Å². The zero-order chi connectivity index (χ0) is 14.5. The summed E-state index contributed by atoms with van der Waals surface area (Å²) in [5.41, 5.74) is 1.04. The number of fused-ring (bicyclic) bond motifs is 1. The predicted octanol–water partition coefficient (Wildman–Crippen LogP) is 3.41. The van der Waals surface area contributed by atoms with Crippen molar-refractivity contribution in [3.05, 3.63) is 42.2 Å². The monoisotopic (exact) mass is 410 g/mol. The number of aliphatic imine (C=N–C) groups is 1. The first-order valence-corrected chi connectivity index (χ1v) is 7.74. The number of nitrogens with zero attached hydrogens (tertiary/aromatic N) is 3. The Kier molecular flexibility index (Phi) is 6.42. The van der Waals surface area contributed by atoms with Crippen LogP contribution in [-0.4, -0.2) is 35.5 Å². The molecular formula is C17H23IN4. The molecule has 0 radical (unpaired) electrons. The third-order valence-electron chi connectivity index (χ3n) is 3.88. The Balaban J connectivity index is 0.00000176. The second-order valence-corrected chi connectivity index (χ2v) is 5.34. The van der Waals surface area contributed by atoms with Gasteiger partial charge in [-0.2, -0.15) is 0 Å². The third-order valence-corrected chi connectivity index (χ3v) is 3.88. The summed E-state index contributed by atoms with van der Waals surface area (Å²) in [6.45, 7) is 5.85. The zero-order valence-corrected chi connectivity index (χ0v) is 15.3. The Labute approximate surface area is 149 Å². The van der Waals surface area contributed by atoms with E-state index >= 15 is 0 Å². The molecule has 1 aliphatic heterocycles. The molecule has 0 aliphatic carbocycles. The van der Waals surface area contributed by atoms with Gasteiger partial charge in [-0.05, 0) is 31.2 Å². The molecule has 3 rings (SSSR count). The van der Waals surface area contributed by atoms with Crippen LogP contribution < -0.4 is 5.32 Å². The van der Waals surface area contributed by atoms with Gasteiger partial charge < -0.3 is 10.2 Å². The molecule has 2 aromatic rings. The van der Waals surface area contributed by atoms with Crippen molar-refractivity contribution in [1.29, 1.82) is 0 Å². The second-order valence-electron chi connectivity index (χ2n) is 5.34. The highest BCUT2D eigenvalue weighted by atomic mass is 127. The number of likely N-dealkylation sites (tertiary alicyclic amines) is 1. The topological polar surface area (TPSA) is 40.5 Å². The smallest absolute Gasteiger partial charge is 0.194 e.